The molecule has 92 valence electrons. The monoisotopic (exact) mass is 257 g/mol. The van der Waals surface area contributed by atoms with Crippen molar-refractivity contribution in [3.05, 3.63) is 12.2 Å². The van der Waals surface area contributed by atoms with Crippen molar-refractivity contribution in [3.63, 3.8) is 0 Å². The van der Waals surface area contributed by atoms with Crippen molar-refractivity contribution in [3.8, 4) is 0 Å². The van der Waals surface area contributed by atoms with Crippen LogP contribution in [-0.2, 0) is 11.3 Å². The van der Waals surface area contributed by atoms with E-state index in [4.69, 9.17) is 5.11 Å². The van der Waals surface area contributed by atoms with Gasteiger partial charge >= 0.3 is 12.0 Å². The maximum atomic E-state index is 11.7. The predicted molar refractivity (Wildman–Crippen MR) is 59.2 cm³/mol. The summed E-state index contributed by atoms with van der Waals surface area (Å²) < 4.78 is 0. The Bertz CT molecular complexity index is 409. The first kappa shape index (κ1) is 11.7. The fraction of sp³-hybridized carbons (Fsp3) is 0.500. The van der Waals surface area contributed by atoms with Gasteiger partial charge in [0.15, 0.2) is 0 Å². The predicted octanol–water partition coefficient (Wildman–Crippen LogP) is -0.526. The highest BCUT2D eigenvalue weighted by Gasteiger charge is 2.34. The molecule has 1 aliphatic rings. The average Bonchev–Trinajstić information content (AvgIpc) is 2.96. The lowest BCUT2D eigenvalue weighted by Gasteiger charge is -2.20. The van der Waals surface area contributed by atoms with Crippen LogP contribution in [0, 0.1) is 0 Å². The highest BCUT2D eigenvalue weighted by Crippen LogP contribution is 2.20. The summed E-state index contributed by atoms with van der Waals surface area (Å²) in [7, 11) is 0. The zero-order chi connectivity index (χ0) is 12.3. The van der Waals surface area contributed by atoms with Gasteiger partial charge in [0.1, 0.15) is 18.2 Å². The molecule has 1 atom stereocenters. The highest BCUT2D eigenvalue weighted by atomic mass is 32.2. The number of nitrogens with zero attached hydrogens (tertiary/aromatic N) is 3. The summed E-state index contributed by atoms with van der Waals surface area (Å²) in [4.78, 5) is 27.8. The van der Waals surface area contributed by atoms with Crippen molar-refractivity contribution in [2.45, 2.75) is 12.6 Å². The first-order chi connectivity index (χ1) is 8.18. The summed E-state index contributed by atoms with van der Waals surface area (Å²) in [5.74, 6) is 0.353. The molecule has 0 saturated carbocycles. The summed E-state index contributed by atoms with van der Waals surface area (Å²) in [6, 6.07) is -1.16. The van der Waals surface area contributed by atoms with Crippen LogP contribution in [0.3, 0.4) is 0 Å². The van der Waals surface area contributed by atoms with Gasteiger partial charge in [-0.05, 0) is 0 Å². The van der Waals surface area contributed by atoms with Gasteiger partial charge in [0.2, 0.25) is 0 Å². The molecule has 2 rings (SSSR count). The summed E-state index contributed by atoms with van der Waals surface area (Å²) >= 11 is 1.42. The maximum absolute atomic E-state index is 11.7. The molecule has 1 saturated heterocycles. The van der Waals surface area contributed by atoms with E-state index < -0.39 is 18.0 Å². The minimum absolute atomic E-state index is 0.201. The number of rotatable bonds is 3. The molecule has 0 aromatic carbocycles. The second-order valence-corrected chi connectivity index (χ2v) is 4.41. The molecule has 1 aliphatic heterocycles. The third-order valence-electron chi connectivity index (χ3n) is 2.30. The molecule has 2 amide bonds. The zero-order valence-corrected chi connectivity index (χ0v) is 9.61. The lowest BCUT2D eigenvalue weighted by Crippen LogP contribution is -2.46. The van der Waals surface area contributed by atoms with Crippen molar-refractivity contribution in [2.75, 3.05) is 11.6 Å². The molecular weight excluding hydrogens is 246 g/mol. The Labute approximate surface area is 101 Å². The van der Waals surface area contributed by atoms with Crippen LogP contribution in [0.4, 0.5) is 4.79 Å². The first-order valence-electron chi connectivity index (χ1n) is 4.87. The molecule has 0 aliphatic carbocycles. The molecule has 2 heterocycles. The van der Waals surface area contributed by atoms with E-state index in [0.29, 0.717) is 17.5 Å². The number of aromatic amines is 1. The molecular formula is C8H11N5O3S. The summed E-state index contributed by atoms with van der Waals surface area (Å²) in [6.07, 6.45) is 1.34. The van der Waals surface area contributed by atoms with E-state index >= 15 is 0 Å². The minimum atomic E-state index is -0.982. The van der Waals surface area contributed by atoms with Gasteiger partial charge in [0.05, 0.1) is 12.4 Å². The number of hydrogen-bond acceptors (Lipinski definition) is 5. The Morgan fingerprint density at radius 1 is 1.71 bits per heavy atom. The molecule has 0 radical (unpaired) electrons. The Balaban J connectivity index is 1.89. The fourth-order valence-corrected chi connectivity index (χ4v) is 2.57. The van der Waals surface area contributed by atoms with Crippen molar-refractivity contribution < 1.29 is 14.7 Å². The third-order valence-corrected chi connectivity index (χ3v) is 3.31. The van der Waals surface area contributed by atoms with Crippen molar-refractivity contribution >= 4 is 23.8 Å². The number of thioether (sulfide) groups is 1. The van der Waals surface area contributed by atoms with E-state index in [0.717, 1.165) is 0 Å². The largest absolute Gasteiger partial charge is 0.480 e. The molecule has 0 spiro atoms. The normalized spacial score (nSPS) is 19.3. The van der Waals surface area contributed by atoms with Gasteiger partial charge in [-0.2, -0.15) is 5.10 Å². The molecule has 1 fully saturated rings. The lowest BCUT2D eigenvalue weighted by atomic mass is 10.3. The van der Waals surface area contributed by atoms with Crippen LogP contribution in [0.25, 0.3) is 0 Å². The van der Waals surface area contributed by atoms with Crippen LogP contribution >= 0.6 is 11.8 Å². The van der Waals surface area contributed by atoms with E-state index in [-0.39, 0.29) is 6.54 Å². The van der Waals surface area contributed by atoms with Crippen molar-refractivity contribution in [1.29, 1.82) is 0 Å². The summed E-state index contributed by atoms with van der Waals surface area (Å²) in [6.45, 7) is 0.201. The van der Waals surface area contributed by atoms with E-state index in [9.17, 15) is 9.59 Å². The van der Waals surface area contributed by atoms with Gasteiger partial charge in [-0.15, -0.1) is 11.8 Å². The second-order valence-electron chi connectivity index (χ2n) is 3.41. The van der Waals surface area contributed by atoms with Gasteiger partial charge in [-0.3, -0.25) is 5.10 Å². The van der Waals surface area contributed by atoms with Crippen LogP contribution in [0.15, 0.2) is 6.33 Å². The Morgan fingerprint density at radius 2 is 2.53 bits per heavy atom. The SMILES string of the molecule is O=C(O)C1CSCN1C(=O)NCc1ncn[nH]1. The molecule has 1 aromatic rings. The first-order valence-corrected chi connectivity index (χ1v) is 6.03. The van der Waals surface area contributed by atoms with E-state index in [1.54, 1.807) is 0 Å². The molecule has 1 unspecified atom stereocenters. The number of aliphatic carboxylic acids is 1. The number of urea groups is 1. The van der Waals surface area contributed by atoms with Crippen LogP contribution in [0.5, 0.6) is 0 Å². The van der Waals surface area contributed by atoms with Crippen LogP contribution in [0.1, 0.15) is 5.82 Å². The molecule has 9 heteroatoms. The Hall–Kier alpha value is -1.77. The minimum Gasteiger partial charge on any atom is -0.480 e. The highest BCUT2D eigenvalue weighted by molar-refractivity contribution is 7.99. The van der Waals surface area contributed by atoms with Gasteiger partial charge < -0.3 is 15.3 Å². The number of H-pyrrole nitrogens is 1. The molecule has 0 bridgehead atoms. The van der Waals surface area contributed by atoms with Crippen molar-refractivity contribution in [1.82, 2.24) is 25.4 Å². The zero-order valence-electron chi connectivity index (χ0n) is 8.79. The van der Waals surface area contributed by atoms with E-state index in [1.165, 1.54) is 23.0 Å². The second kappa shape index (κ2) is 5.04. The average molecular weight is 257 g/mol. The smallest absolute Gasteiger partial charge is 0.327 e. The Morgan fingerprint density at radius 3 is 3.18 bits per heavy atom. The number of carbonyl (C=O) groups excluding carboxylic acids is 1. The topological polar surface area (TPSA) is 111 Å². The van der Waals surface area contributed by atoms with Crippen LogP contribution in [0.2, 0.25) is 0 Å². The number of carboxylic acid groups (broad SMARTS) is 1. The van der Waals surface area contributed by atoms with Gasteiger partial charge in [0, 0.05) is 5.75 Å². The standard InChI is InChI=1S/C8H11N5O3S/c14-7(15)5-2-17-4-13(5)8(16)9-1-6-10-3-11-12-6/h3,5H,1-2,4H2,(H,9,16)(H,14,15)(H,10,11,12). The number of amides is 2. The number of hydrogen-bond donors (Lipinski definition) is 3. The van der Waals surface area contributed by atoms with Crippen LogP contribution < -0.4 is 5.32 Å². The number of carboxylic acids is 1. The summed E-state index contributed by atoms with van der Waals surface area (Å²) in [5.41, 5.74) is 0. The van der Waals surface area contributed by atoms with Gasteiger partial charge in [0.25, 0.3) is 0 Å². The lowest BCUT2D eigenvalue weighted by molar-refractivity contribution is -0.140. The van der Waals surface area contributed by atoms with E-state index in [2.05, 4.69) is 20.5 Å². The number of aromatic nitrogens is 3. The van der Waals surface area contributed by atoms with Gasteiger partial charge in [-0.25, -0.2) is 14.6 Å². The number of nitrogens with one attached hydrogen (secondary N) is 2. The molecule has 3 N–H and O–H groups in total. The van der Waals surface area contributed by atoms with Gasteiger partial charge in [-0.1, -0.05) is 0 Å². The Kier molecular flexibility index (Phi) is 3.47. The molecule has 8 nitrogen and oxygen atoms in total. The number of carbonyl (C=O) groups is 2. The third kappa shape index (κ3) is 2.67. The fourth-order valence-electron chi connectivity index (χ4n) is 1.42. The molecule has 1 aromatic heterocycles. The summed E-state index contributed by atoms with van der Waals surface area (Å²) in [5, 5.41) is 17.8. The quantitative estimate of drug-likeness (QED) is 0.671. The van der Waals surface area contributed by atoms with Crippen molar-refractivity contribution in [2.24, 2.45) is 0 Å². The maximum Gasteiger partial charge on any atom is 0.327 e. The van der Waals surface area contributed by atoms with Crippen LogP contribution in [-0.4, -0.2) is 54.9 Å². The molecule has 17 heavy (non-hydrogen) atoms. The van der Waals surface area contributed by atoms with E-state index in [1.807, 2.05) is 0 Å².